The molecule has 0 atom stereocenters. The van der Waals surface area contributed by atoms with Gasteiger partial charge in [0.05, 0.1) is 30.5 Å². The van der Waals surface area contributed by atoms with Crippen LogP contribution in [0.15, 0.2) is 12.4 Å². The fourth-order valence-corrected chi connectivity index (χ4v) is 3.34. The topological polar surface area (TPSA) is 99.5 Å². The number of thiophene rings is 1. The maximum absolute atomic E-state index is 12.2. The molecule has 134 valence electrons. The lowest BCUT2D eigenvalue weighted by atomic mass is 10.1. The molecule has 25 heavy (non-hydrogen) atoms. The van der Waals surface area contributed by atoms with Gasteiger partial charge in [-0.2, -0.15) is 5.10 Å². The van der Waals surface area contributed by atoms with E-state index >= 15 is 0 Å². The number of halogens is 1. The molecular formula is C15H16ClN3O5S. The van der Waals surface area contributed by atoms with E-state index < -0.39 is 17.8 Å². The van der Waals surface area contributed by atoms with Crippen molar-refractivity contribution in [1.29, 1.82) is 0 Å². The number of ether oxygens (including phenoxy) is 2. The van der Waals surface area contributed by atoms with Crippen LogP contribution in [-0.4, -0.2) is 41.3 Å². The van der Waals surface area contributed by atoms with Gasteiger partial charge < -0.3 is 14.8 Å². The highest BCUT2D eigenvalue weighted by Crippen LogP contribution is 2.34. The van der Waals surface area contributed by atoms with Crippen LogP contribution in [0.3, 0.4) is 0 Å². The fraction of sp³-hybridized carbons (Fsp3) is 0.333. The van der Waals surface area contributed by atoms with Crippen molar-refractivity contribution in [3.63, 3.8) is 0 Å². The maximum Gasteiger partial charge on any atom is 0.348 e. The number of aromatic nitrogens is 2. The van der Waals surface area contributed by atoms with Crippen LogP contribution in [0.5, 0.6) is 0 Å². The molecule has 0 aliphatic carbocycles. The molecule has 0 unspecified atom stereocenters. The first-order valence-corrected chi connectivity index (χ1v) is 8.43. The molecule has 1 N–H and O–H groups in total. The summed E-state index contributed by atoms with van der Waals surface area (Å²) in [5.41, 5.74) is 0.523. The number of carbonyl (C=O) groups excluding carboxylic acids is 3. The molecule has 0 saturated carbocycles. The SMILES string of the molecule is CCOC(=O)c1sc(NC(=O)Cn2cc(Cl)cn2)c(C(=O)OC)c1C. The van der Waals surface area contributed by atoms with E-state index in [9.17, 15) is 14.4 Å². The minimum Gasteiger partial charge on any atom is -0.465 e. The fourth-order valence-electron chi connectivity index (χ4n) is 2.08. The maximum atomic E-state index is 12.2. The lowest BCUT2D eigenvalue weighted by Crippen LogP contribution is -2.20. The number of methoxy groups -OCH3 is 1. The smallest absolute Gasteiger partial charge is 0.348 e. The quantitative estimate of drug-likeness (QED) is 0.767. The molecule has 1 amide bonds. The second-order valence-corrected chi connectivity index (χ2v) is 6.33. The van der Waals surface area contributed by atoms with Crippen molar-refractivity contribution in [3.8, 4) is 0 Å². The molecule has 0 fully saturated rings. The summed E-state index contributed by atoms with van der Waals surface area (Å²) in [5, 5.41) is 7.14. The number of hydrogen-bond donors (Lipinski definition) is 1. The Morgan fingerprint density at radius 2 is 2.08 bits per heavy atom. The van der Waals surface area contributed by atoms with Gasteiger partial charge in [0.25, 0.3) is 0 Å². The van der Waals surface area contributed by atoms with Gasteiger partial charge in [0.15, 0.2) is 0 Å². The second-order valence-electron chi connectivity index (χ2n) is 4.88. The van der Waals surface area contributed by atoms with Gasteiger partial charge in [-0.3, -0.25) is 9.48 Å². The summed E-state index contributed by atoms with van der Waals surface area (Å²) in [5.74, 6) is -1.64. The molecular weight excluding hydrogens is 370 g/mol. The molecule has 8 nitrogen and oxygen atoms in total. The van der Waals surface area contributed by atoms with Crippen molar-refractivity contribution in [1.82, 2.24) is 9.78 Å². The van der Waals surface area contributed by atoms with Crippen LogP contribution in [0, 0.1) is 6.92 Å². The Morgan fingerprint density at radius 3 is 2.64 bits per heavy atom. The number of nitrogens with one attached hydrogen (secondary N) is 1. The highest BCUT2D eigenvalue weighted by molar-refractivity contribution is 7.18. The van der Waals surface area contributed by atoms with Crippen LogP contribution >= 0.6 is 22.9 Å². The third-order valence-electron chi connectivity index (χ3n) is 3.16. The standard InChI is InChI=1S/C15H16ClN3O5S/c1-4-24-15(22)12-8(2)11(14(21)23-3)13(25-12)18-10(20)7-19-6-9(16)5-17-19/h5-6H,4,7H2,1-3H3,(H,18,20). The summed E-state index contributed by atoms with van der Waals surface area (Å²) in [6.07, 6.45) is 2.90. The van der Waals surface area contributed by atoms with E-state index in [1.54, 1.807) is 13.8 Å². The molecule has 0 aromatic carbocycles. The Kier molecular flexibility index (Phi) is 6.16. The Hall–Kier alpha value is -2.39. The van der Waals surface area contributed by atoms with Crippen LogP contribution in [-0.2, 0) is 20.8 Å². The normalized spacial score (nSPS) is 10.4. The number of hydrogen-bond acceptors (Lipinski definition) is 7. The average Bonchev–Trinajstić information content (AvgIpc) is 3.10. The van der Waals surface area contributed by atoms with Crippen LogP contribution in [0.1, 0.15) is 32.5 Å². The van der Waals surface area contributed by atoms with Gasteiger partial charge >= 0.3 is 11.9 Å². The van der Waals surface area contributed by atoms with Crippen LogP contribution in [0.4, 0.5) is 5.00 Å². The molecule has 0 aliphatic heterocycles. The van der Waals surface area contributed by atoms with Gasteiger partial charge in [-0.1, -0.05) is 11.6 Å². The van der Waals surface area contributed by atoms with Gasteiger partial charge in [0, 0.05) is 6.20 Å². The van der Waals surface area contributed by atoms with Crippen LogP contribution in [0.25, 0.3) is 0 Å². The second kappa shape index (κ2) is 8.13. The number of rotatable bonds is 6. The van der Waals surface area contributed by atoms with Gasteiger partial charge in [-0.25, -0.2) is 9.59 Å². The molecule has 10 heteroatoms. The summed E-state index contributed by atoms with van der Waals surface area (Å²) in [6, 6.07) is 0. The Labute approximate surface area is 152 Å². The molecule has 2 rings (SSSR count). The zero-order valence-electron chi connectivity index (χ0n) is 13.8. The number of nitrogens with zero attached hydrogens (tertiary/aromatic N) is 2. The van der Waals surface area contributed by atoms with Crippen molar-refractivity contribution >= 4 is 45.8 Å². The predicted octanol–water partition coefficient (Wildman–Crippen LogP) is 2.51. The minimum atomic E-state index is -0.651. The molecule has 2 aromatic rings. The Morgan fingerprint density at radius 1 is 1.36 bits per heavy atom. The van der Waals surface area contributed by atoms with Gasteiger partial charge in [-0.05, 0) is 19.4 Å². The highest BCUT2D eigenvalue weighted by Gasteiger charge is 2.27. The van der Waals surface area contributed by atoms with Crippen molar-refractivity contribution in [2.24, 2.45) is 0 Å². The van der Waals surface area contributed by atoms with Crippen molar-refractivity contribution in [3.05, 3.63) is 33.4 Å². The third-order valence-corrected chi connectivity index (χ3v) is 4.54. The number of anilines is 1. The van der Waals surface area contributed by atoms with E-state index in [0.717, 1.165) is 11.3 Å². The van der Waals surface area contributed by atoms with E-state index in [1.807, 2.05) is 0 Å². The van der Waals surface area contributed by atoms with Gasteiger partial charge in [-0.15, -0.1) is 11.3 Å². The van der Waals surface area contributed by atoms with Crippen LogP contribution < -0.4 is 5.32 Å². The molecule has 0 saturated heterocycles. The van der Waals surface area contributed by atoms with E-state index in [-0.39, 0.29) is 28.6 Å². The highest BCUT2D eigenvalue weighted by atomic mass is 35.5. The predicted molar refractivity (Wildman–Crippen MR) is 92.2 cm³/mol. The number of esters is 2. The number of carbonyl (C=O) groups is 3. The van der Waals surface area contributed by atoms with Gasteiger partial charge in [0.1, 0.15) is 16.4 Å². The first kappa shape index (κ1) is 18.9. The molecule has 0 radical (unpaired) electrons. The Bertz CT molecular complexity index is 814. The van der Waals surface area contributed by atoms with Gasteiger partial charge in [0.2, 0.25) is 5.91 Å². The van der Waals surface area contributed by atoms with Crippen molar-refractivity contribution in [2.45, 2.75) is 20.4 Å². The Balaban J connectivity index is 2.28. The van der Waals surface area contributed by atoms with Crippen LogP contribution in [0.2, 0.25) is 5.02 Å². The number of amides is 1. The molecule has 0 bridgehead atoms. The van der Waals surface area contributed by atoms with E-state index in [1.165, 1.54) is 24.2 Å². The summed E-state index contributed by atoms with van der Waals surface area (Å²) in [4.78, 5) is 36.5. The first-order valence-electron chi connectivity index (χ1n) is 7.24. The molecule has 0 aliphatic rings. The lowest BCUT2D eigenvalue weighted by molar-refractivity contribution is -0.116. The summed E-state index contributed by atoms with van der Waals surface area (Å²) >= 11 is 6.71. The molecule has 2 heterocycles. The summed E-state index contributed by atoms with van der Waals surface area (Å²) in [7, 11) is 1.22. The summed E-state index contributed by atoms with van der Waals surface area (Å²) in [6.45, 7) is 3.38. The molecule has 2 aromatic heterocycles. The minimum absolute atomic E-state index is 0.0982. The zero-order valence-corrected chi connectivity index (χ0v) is 15.4. The van der Waals surface area contributed by atoms with E-state index in [4.69, 9.17) is 21.1 Å². The van der Waals surface area contributed by atoms with Crippen molar-refractivity contribution < 1.29 is 23.9 Å². The molecule has 0 spiro atoms. The van der Waals surface area contributed by atoms with Crippen molar-refractivity contribution in [2.75, 3.05) is 19.0 Å². The summed E-state index contributed by atoms with van der Waals surface area (Å²) < 4.78 is 11.1. The van der Waals surface area contributed by atoms with E-state index in [0.29, 0.717) is 10.6 Å². The lowest BCUT2D eigenvalue weighted by Gasteiger charge is -2.06. The third kappa shape index (κ3) is 4.37. The average molecular weight is 386 g/mol. The largest absolute Gasteiger partial charge is 0.465 e. The first-order chi connectivity index (χ1) is 11.9. The monoisotopic (exact) mass is 385 g/mol. The van der Waals surface area contributed by atoms with E-state index in [2.05, 4.69) is 10.4 Å². The zero-order chi connectivity index (χ0) is 18.6.